The van der Waals surface area contributed by atoms with Gasteiger partial charge in [0.1, 0.15) is 0 Å². The standard InChI is InChI=1S/C11H15N3O4/c1-6-8(10(16)14-11(17)12-6)2-3-9(15)13-7-4-18-5-7/h7H,2-5H2,1H3,(H,13,15)(H2,12,14,16,17). The van der Waals surface area contributed by atoms with Crippen LogP contribution in [0.3, 0.4) is 0 Å². The van der Waals surface area contributed by atoms with Gasteiger partial charge in [0.15, 0.2) is 0 Å². The van der Waals surface area contributed by atoms with Crippen molar-refractivity contribution < 1.29 is 9.53 Å². The molecule has 0 spiro atoms. The van der Waals surface area contributed by atoms with Gasteiger partial charge in [0.25, 0.3) is 5.56 Å². The van der Waals surface area contributed by atoms with Gasteiger partial charge in [-0.15, -0.1) is 0 Å². The Bertz CT molecular complexity index is 556. The molecule has 0 saturated carbocycles. The van der Waals surface area contributed by atoms with Crippen LogP contribution in [-0.4, -0.2) is 35.1 Å². The molecule has 1 aliphatic heterocycles. The molecule has 98 valence electrons. The van der Waals surface area contributed by atoms with Crippen LogP contribution < -0.4 is 16.6 Å². The number of carbonyl (C=O) groups is 1. The van der Waals surface area contributed by atoms with Crippen molar-refractivity contribution in [1.82, 2.24) is 15.3 Å². The summed E-state index contributed by atoms with van der Waals surface area (Å²) in [7, 11) is 0. The van der Waals surface area contributed by atoms with Gasteiger partial charge in [-0.3, -0.25) is 14.6 Å². The zero-order chi connectivity index (χ0) is 13.1. The molecule has 2 heterocycles. The number of hydrogen-bond donors (Lipinski definition) is 3. The van der Waals surface area contributed by atoms with E-state index in [1.165, 1.54) is 0 Å². The molecule has 2 rings (SSSR count). The molecular formula is C11H15N3O4. The molecule has 1 aliphatic rings. The van der Waals surface area contributed by atoms with E-state index < -0.39 is 11.2 Å². The van der Waals surface area contributed by atoms with Crippen LogP contribution in [0.5, 0.6) is 0 Å². The number of H-pyrrole nitrogens is 2. The fraction of sp³-hybridized carbons (Fsp3) is 0.545. The molecule has 0 radical (unpaired) electrons. The number of nitrogens with one attached hydrogen (secondary N) is 3. The fourth-order valence-corrected chi connectivity index (χ4v) is 1.78. The van der Waals surface area contributed by atoms with E-state index in [-0.39, 0.29) is 18.4 Å². The monoisotopic (exact) mass is 253 g/mol. The number of hydrogen-bond acceptors (Lipinski definition) is 4. The van der Waals surface area contributed by atoms with Gasteiger partial charge in [-0.1, -0.05) is 0 Å². The van der Waals surface area contributed by atoms with Crippen LogP contribution in [0.1, 0.15) is 17.7 Å². The molecule has 3 N–H and O–H groups in total. The first kappa shape index (κ1) is 12.6. The minimum Gasteiger partial charge on any atom is -0.377 e. The van der Waals surface area contributed by atoms with Crippen LogP contribution in [0, 0.1) is 6.92 Å². The van der Waals surface area contributed by atoms with Gasteiger partial charge in [0, 0.05) is 17.7 Å². The predicted molar refractivity (Wildman–Crippen MR) is 63.5 cm³/mol. The fourth-order valence-electron chi connectivity index (χ4n) is 1.78. The summed E-state index contributed by atoms with van der Waals surface area (Å²) in [5.41, 5.74) is -0.0218. The molecule has 7 heteroatoms. The number of aromatic nitrogens is 2. The number of aryl methyl sites for hydroxylation is 1. The Morgan fingerprint density at radius 3 is 2.67 bits per heavy atom. The molecule has 18 heavy (non-hydrogen) atoms. The Balaban J connectivity index is 1.95. The zero-order valence-electron chi connectivity index (χ0n) is 10.0. The number of rotatable bonds is 4. The maximum absolute atomic E-state index is 11.6. The predicted octanol–water partition coefficient (Wildman–Crippen LogP) is -1.18. The van der Waals surface area contributed by atoms with Crippen molar-refractivity contribution >= 4 is 5.91 Å². The van der Waals surface area contributed by atoms with Crippen molar-refractivity contribution in [1.29, 1.82) is 0 Å². The first-order valence-corrected chi connectivity index (χ1v) is 5.75. The zero-order valence-corrected chi connectivity index (χ0v) is 10.0. The van der Waals surface area contributed by atoms with E-state index in [1.54, 1.807) is 6.92 Å². The Labute approximate surface area is 103 Å². The van der Waals surface area contributed by atoms with Gasteiger partial charge in [-0.25, -0.2) is 4.79 Å². The molecule has 1 amide bonds. The highest BCUT2D eigenvalue weighted by Crippen LogP contribution is 2.03. The molecule has 1 saturated heterocycles. The third-order valence-corrected chi connectivity index (χ3v) is 2.86. The topological polar surface area (TPSA) is 104 Å². The van der Waals surface area contributed by atoms with Crippen molar-refractivity contribution in [3.8, 4) is 0 Å². The van der Waals surface area contributed by atoms with E-state index >= 15 is 0 Å². The summed E-state index contributed by atoms with van der Waals surface area (Å²) in [4.78, 5) is 38.7. The summed E-state index contributed by atoms with van der Waals surface area (Å²) < 4.78 is 4.94. The molecule has 0 unspecified atom stereocenters. The lowest BCUT2D eigenvalue weighted by Gasteiger charge is -2.26. The second-order valence-corrected chi connectivity index (χ2v) is 4.31. The largest absolute Gasteiger partial charge is 0.377 e. The summed E-state index contributed by atoms with van der Waals surface area (Å²) in [5.74, 6) is -0.117. The molecule has 1 fully saturated rings. The minimum absolute atomic E-state index is 0.0902. The van der Waals surface area contributed by atoms with Crippen molar-refractivity contribution in [2.24, 2.45) is 0 Å². The third-order valence-electron chi connectivity index (χ3n) is 2.86. The van der Waals surface area contributed by atoms with Crippen LogP contribution >= 0.6 is 0 Å². The quantitative estimate of drug-likeness (QED) is 0.628. The molecule has 0 bridgehead atoms. The Morgan fingerprint density at radius 2 is 2.11 bits per heavy atom. The van der Waals surface area contributed by atoms with Crippen molar-refractivity contribution in [3.63, 3.8) is 0 Å². The summed E-state index contributed by atoms with van der Waals surface area (Å²) >= 11 is 0. The summed E-state index contributed by atoms with van der Waals surface area (Å²) in [6.45, 7) is 2.73. The first-order chi connectivity index (χ1) is 8.56. The summed E-state index contributed by atoms with van der Waals surface area (Å²) in [6, 6.07) is 0.0902. The Morgan fingerprint density at radius 1 is 1.39 bits per heavy atom. The minimum atomic E-state index is -0.530. The van der Waals surface area contributed by atoms with Crippen LogP contribution in [0.4, 0.5) is 0 Å². The lowest BCUT2D eigenvalue weighted by atomic mass is 10.1. The highest BCUT2D eigenvalue weighted by Gasteiger charge is 2.20. The molecular weight excluding hydrogens is 238 g/mol. The number of aromatic amines is 2. The normalized spacial score (nSPS) is 15.2. The van der Waals surface area contributed by atoms with E-state index in [9.17, 15) is 14.4 Å². The third kappa shape index (κ3) is 2.86. The second-order valence-electron chi connectivity index (χ2n) is 4.31. The SMILES string of the molecule is Cc1[nH]c(=O)[nH]c(=O)c1CCC(=O)NC1COC1. The maximum atomic E-state index is 11.6. The van der Waals surface area contributed by atoms with Gasteiger partial charge in [-0.05, 0) is 13.3 Å². The van der Waals surface area contributed by atoms with Gasteiger partial charge >= 0.3 is 5.69 Å². The highest BCUT2D eigenvalue weighted by atomic mass is 16.5. The molecule has 0 atom stereocenters. The summed E-state index contributed by atoms with van der Waals surface area (Å²) in [6.07, 6.45) is 0.518. The van der Waals surface area contributed by atoms with E-state index in [0.29, 0.717) is 30.9 Å². The van der Waals surface area contributed by atoms with Crippen molar-refractivity contribution in [2.45, 2.75) is 25.8 Å². The number of amides is 1. The Kier molecular flexibility index (Phi) is 3.61. The van der Waals surface area contributed by atoms with Crippen LogP contribution in [0.15, 0.2) is 9.59 Å². The number of ether oxygens (including phenoxy) is 1. The van der Waals surface area contributed by atoms with E-state index in [4.69, 9.17) is 4.74 Å². The highest BCUT2D eigenvalue weighted by molar-refractivity contribution is 5.76. The average Bonchev–Trinajstić information content (AvgIpc) is 2.22. The van der Waals surface area contributed by atoms with Gasteiger partial charge in [0.2, 0.25) is 5.91 Å². The van der Waals surface area contributed by atoms with Crippen LogP contribution in [0.2, 0.25) is 0 Å². The second kappa shape index (κ2) is 5.18. The van der Waals surface area contributed by atoms with Crippen molar-refractivity contribution in [2.75, 3.05) is 13.2 Å². The van der Waals surface area contributed by atoms with Crippen molar-refractivity contribution in [3.05, 3.63) is 32.1 Å². The van der Waals surface area contributed by atoms with Gasteiger partial charge in [-0.2, -0.15) is 0 Å². The lowest BCUT2D eigenvalue weighted by molar-refractivity contribution is -0.125. The summed E-state index contributed by atoms with van der Waals surface area (Å²) in [5, 5.41) is 2.79. The van der Waals surface area contributed by atoms with Crippen LogP contribution in [0.25, 0.3) is 0 Å². The molecule has 0 aromatic carbocycles. The van der Waals surface area contributed by atoms with E-state index in [2.05, 4.69) is 15.3 Å². The molecule has 0 aliphatic carbocycles. The average molecular weight is 253 g/mol. The van der Waals surface area contributed by atoms with Crippen LogP contribution in [-0.2, 0) is 16.0 Å². The van der Waals surface area contributed by atoms with Gasteiger partial charge in [0.05, 0.1) is 19.3 Å². The maximum Gasteiger partial charge on any atom is 0.325 e. The molecule has 1 aromatic rings. The molecule has 7 nitrogen and oxygen atoms in total. The Hall–Kier alpha value is -1.89. The van der Waals surface area contributed by atoms with E-state index in [0.717, 1.165) is 0 Å². The van der Waals surface area contributed by atoms with Gasteiger partial charge < -0.3 is 15.0 Å². The molecule has 1 aromatic heterocycles. The lowest BCUT2D eigenvalue weighted by Crippen LogP contribution is -2.48. The first-order valence-electron chi connectivity index (χ1n) is 5.75. The van der Waals surface area contributed by atoms with E-state index in [1.807, 2.05) is 0 Å². The smallest absolute Gasteiger partial charge is 0.325 e. The number of carbonyl (C=O) groups excluding carboxylic acids is 1.